The third kappa shape index (κ3) is 2.09. The van der Waals surface area contributed by atoms with Gasteiger partial charge in [0.05, 0.1) is 21.9 Å². The molecule has 5 nitrogen and oxygen atoms in total. The van der Waals surface area contributed by atoms with Gasteiger partial charge in [0.15, 0.2) is 5.78 Å². The third-order valence-corrected chi connectivity index (χ3v) is 2.67. The van der Waals surface area contributed by atoms with E-state index in [9.17, 15) is 14.9 Å². The van der Waals surface area contributed by atoms with Gasteiger partial charge in [0.1, 0.15) is 5.56 Å². The van der Waals surface area contributed by atoms with Crippen LogP contribution in [0.25, 0.3) is 0 Å². The number of hydrogen-bond acceptors (Lipinski definition) is 4. The van der Waals surface area contributed by atoms with Crippen molar-refractivity contribution in [2.75, 3.05) is 5.33 Å². The van der Waals surface area contributed by atoms with Gasteiger partial charge >= 0.3 is 0 Å². The van der Waals surface area contributed by atoms with E-state index in [1.807, 2.05) is 6.07 Å². The molecule has 0 heterocycles. The van der Waals surface area contributed by atoms with Crippen LogP contribution in [0.4, 0.5) is 5.69 Å². The minimum Gasteiger partial charge on any atom is -0.293 e. The Morgan fingerprint density at radius 1 is 1.62 bits per heavy atom. The number of hydrogen-bond donors (Lipinski definition) is 0. The zero-order chi connectivity index (χ0) is 12.3. The number of halogens is 1. The SMILES string of the molecule is Cc1c(C#N)ccc([N+](=O)[O-])c1C(=O)CBr. The highest BCUT2D eigenvalue weighted by Crippen LogP contribution is 2.25. The van der Waals surface area contributed by atoms with Crippen LogP contribution in [0.5, 0.6) is 0 Å². The second kappa shape index (κ2) is 4.86. The Balaban J connectivity index is 3.56. The average molecular weight is 283 g/mol. The zero-order valence-electron chi connectivity index (χ0n) is 8.36. The minimum atomic E-state index is -0.621. The molecule has 0 bridgehead atoms. The summed E-state index contributed by atoms with van der Waals surface area (Å²) in [4.78, 5) is 21.7. The van der Waals surface area contributed by atoms with E-state index in [4.69, 9.17) is 5.26 Å². The Hall–Kier alpha value is -1.74. The Morgan fingerprint density at radius 3 is 2.69 bits per heavy atom. The number of nitro benzene ring substituents is 1. The molecular weight excluding hydrogens is 276 g/mol. The fourth-order valence-electron chi connectivity index (χ4n) is 1.39. The maximum atomic E-state index is 11.6. The molecule has 82 valence electrons. The summed E-state index contributed by atoms with van der Waals surface area (Å²) in [6.45, 7) is 1.53. The van der Waals surface area contributed by atoms with Crippen LogP contribution in [0.15, 0.2) is 12.1 Å². The van der Waals surface area contributed by atoms with Crippen molar-refractivity contribution in [2.24, 2.45) is 0 Å². The molecule has 0 aliphatic heterocycles. The standard InChI is InChI=1S/C10H7BrN2O3/c1-6-7(5-12)2-3-8(13(15)16)10(6)9(14)4-11/h2-3H,4H2,1H3. The molecule has 0 amide bonds. The van der Waals surface area contributed by atoms with Crippen molar-refractivity contribution >= 4 is 27.4 Å². The van der Waals surface area contributed by atoms with Gasteiger partial charge in [-0.1, -0.05) is 15.9 Å². The molecule has 0 radical (unpaired) electrons. The van der Waals surface area contributed by atoms with E-state index in [1.54, 1.807) is 0 Å². The first-order valence-electron chi connectivity index (χ1n) is 4.30. The Bertz CT molecular complexity index is 506. The molecule has 6 heteroatoms. The van der Waals surface area contributed by atoms with Crippen LogP contribution in [-0.2, 0) is 0 Å². The van der Waals surface area contributed by atoms with Gasteiger partial charge in [-0.15, -0.1) is 0 Å². The van der Waals surface area contributed by atoms with Gasteiger partial charge in [0.2, 0.25) is 0 Å². The lowest BCUT2D eigenvalue weighted by Gasteiger charge is -2.05. The second-order valence-electron chi connectivity index (χ2n) is 3.06. The fourth-order valence-corrected chi connectivity index (χ4v) is 1.67. The van der Waals surface area contributed by atoms with Crippen LogP contribution >= 0.6 is 15.9 Å². The van der Waals surface area contributed by atoms with E-state index in [-0.39, 0.29) is 22.1 Å². The molecule has 0 aromatic heterocycles. The van der Waals surface area contributed by atoms with Crippen LogP contribution in [-0.4, -0.2) is 16.0 Å². The van der Waals surface area contributed by atoms with Crippen LogP contribution in [0.1, 0.15) is 21.5 Å². The number of carbonyl (C=O) groups is 1. The van der Waals surface area contributed by atoms with Gasteiger partial charge in [-0.25, -0.2) is 0 Å². The topological polar surface area (TPSA) is 84.0 Å². The summed E-state index contributed by atoms with van der Waals surface area (Å²) in [7, 11) is 0. The van der Waals surface area contributed by atoms with Crippen molar-refractivity contribution in [3.8, 4) is 6.07 Å². The van der Waals surface area contributed by atoms with Gasteiger partial charge in [-0.3, -0.25) is 14.9 Å². The number of nitro groups is 1. The molecule has 0 N–H and O–H groups in total. The molecule has 16 heavy (non-hydrogen) atoms. The Labute approximate surface area is 100.0 Å². The molecule has 1 aromatic rings. The first-order valence-corrected chi connectivity index (χ1v) is 5.42. The number of benzene rings is 1. The molecule has 0 saturated heterocycles. The van der Waals surface area contributed by atoms with Crippen molar-refractivity contribution in [1.82, 2.24) is 0 Å². The molecule has 1 aromatic carbocycles. The Kier molecular flexibility index (Phi) is 3.74. The van der Waals surface area contributed by atoms with E-state index in [1.165, 1.54) is 19.1 Å². The second-order valence-corrected chi connectivity index (χ2v) is 3.62. The normalized spacial score (nSPS) is 9.56. The van der Waals surface area contributed by atoms with Crippen molar-refractivity contribution in [3.63, 3.8) is 0 Å². The lowest BCUT2D eigenvalue weighted by Crippen LogP contribution is -2.08. The molecule has 1 rings (SSSR count). The molecule has 0 spiro atoms. The largest absolute Gasteiger partial charge is 0.293 e. The first-order chi connectivity index (χ1) is 7.52. The highest BCUT2D eigenvalue weighted by atomic mass is 79.9. The van der Waals surface area contributed by atoms with Crippen LogP contribution in [0, 0.1) is 28.4 Å². The smallest absolute Gasteiger partial charge is 0.280 e. The van der Waals surface area contributed by atoms with Crippen molar-refractivity contribution in [1.29, 1.82) is 5.26 Å². The van der Waals surface area contributed by atoms with E-state index < -0.39 is 10.7 Å². The summed E-state index contributed by atoms with van der Waals surface area (Å²) in [6.07, 6.45) is 0. The molecule has 0 aliphatic rings. The van der Waals surface area contributed by atoms with Gasteiger partial charge < -0.3 is 0 Å². The van der Waals surface area contributed by atoms with Crippen molar-refractivity contribution in [2.45, 2.75) is 6.92 Å². The number of Topliss-reactive ketones (excluding diaryl/α,β-unsaturated/α-hetero) is 1. The first kappa shape index (κ1) is 12.3. The highest BCUT2D eigenvalue weighted by molar-refractivity contribution is 9.09. The molecule has 0 fully saturated rings. The van der Waals surface area contributed by atoms with Gasteiger partial charge in [0.25, 0.3) is 5.69 Å². The number of rotatable bonds is 3. The van der Waals surface area contributed by atoms with Crippen molar-refractivity contribution in [3.05, 3.63) is 38.9 Å². The van der Waals surface area contributed by atoms with Crippen LogP contribution in [0.2, 0.25) is 0 Å². The molecule has 0 saturated carbocycles. The Morgan fingerprint density at radius 2 is 2.25 bits per heavy atom. The van der Waals surface area contributed by atoms with Gasteiger partial charge in [0, 0.05) is 6.07 Å². The highest BCUT2D eigenvalue weighted by Gasteiger charge is 2.23. The fraction of sp³-hybridized carbons (Fsp3) is 0.200. The predicted octanol–water partition coefficient (Wildman–Crippen LogP) is 2.35. The summed E-state index contributed by atoms with van der Waals surface area (Å²) >= 11 is 2.96. The lowest BCUT2D eigenvalue weighted by molar-refractivity contribution is -0.385. The number of nitriles is 1. The third-order valence-electron chi connectivity index (χ3n) is 2.16. The average Bonchev–Trinajstić information content (AvgIpc) is 2.27. The van der Waals surface area contributed by atoms with Crippen molar-refractivity contribution < 1.29 is 9.72 Å². The van der Waals surface area contributed by atoms with Crippen LogP contribution in [0.3, 0.4) is 0 Å². The number of nitrogens with zero attached hydrogens (tertiary/aromatic N) is 2. The quantitative estimate of drug-likeness (QED) is 0.369. The maximum absolute atomic E-state index is 11.6. The van der Waals surface area contributed by atoms with E-state index >= 15 is 0 Å². The summed E-state index contributed by atoms with van der Waals surface area (Å²) in [5.74, 6) is -0.402. The van der Waals surface area contributed by atoms with Gasteiger partial charge in [-0.05, 0) is 18.6 Å². The van der Waals surface area contributed by atoms with E-state index in [0.29, 0.717) is 5.56 Å². The number of carbonyl (C=O) groups excluding carboxylic acids is 1. The van der Waals surface area contributed by atoms with E-state index in [2.05, 4.69) is 15.9 Å². The molecule has 0 aliphatic carbocycles. The maximum Gasteiger partial charge on any atom is 0.280 e. The molecule has 0 atom stereocenters. The summed E-state index contributed by atoms with van der Waals surface area (Å²) in [6, 6.07) is 4.42. The molecular formula is C10H7BrN2O3. The molecule has 0 unspecified atom stereocenters. The summed E-state index contributed by atoms with van der Waals surface area (Å²) < 4.78 is 0. The predicted molar refractivity (Wildman–Crippen MR) is 60.7 cm³/mol. The van der Waals surface area contributed by atoms with Gasteiger partial charge in [-0.2, -0.15) is 5.26 Å². The van der Waals surface area contributed by atoms with Crippen LogP contribution < -0.4 is 0 Å². The summed E-state index contributed by atoms with van der Waals surface area (Å²) in [5.41, 5.74) is 0.359. The minimum absolute atomic E-state index is 0.000856. The number of alkyl halides is 1. The number of ketones is 1. The zero-order valence-corrected chi connectivity index (χ0v) is 9.94. The lowest BCUT2D eigenvalue weighted by atomic mass is 9.98. The monoisotopic (exact) mass is 282 g/mol. The van der Waals surface area contributed by atoms with E-state index in [0.717, 1.165) is 0 Å². The summed E-state index contributed by atoms with van der Waals surface area (Å²) in [5, 5.41) is 19.5.